The maximum absolute atomic E-state index is 12.8. The number of hydrogen-bond acceptors (Lipinski definition) is 6. The molecule has 0 saturated carbocycles. The molecule has 2 aromatic carbocycles. The van der Waals surface area contributed by atoms with Crippen molar-refractivity contribution in [2.45, 2.75) is 18.4 Å². The number of aryl methyl sites for hydroxylation is 1. The van der Waals surface area contributed by atoms with Gasteiger partial charge >= 0.3 is 0 Å². The standard InChI is InChI=1S/C22H19N3O6S/c1-3-12-24(15-19-5-4-13-31-19)22(26)17-7-9-18(10-8-17)23-32(29,30)20-11-6-16(2)21(14-20)25(27)28/h1,4-11,13-14,23H,12,15H2,2H3. The van der Waals surface area contributed by atoms with Crippen LogP contribution in [0.5, 0.6) is 0 Å². The molecule has 164 valence electrons. The van der Waals surface area contributed by atoms with E-state index in [9.17, 15) is 23.3 Å². The van der Waals surface area contributed by atoms with Crippen molar-refractivity contribution in [3.8, 4) is 12.3 Å². The SMILES string of the molecule is C#CCN(Cc1ccco1)C(=O)c1ccc(NS(=O)(=O)c2ccc(C)c([N+](=O)[O-])c2)cc1. The first-order chi connectivity index (χ1) is 15.2. The monoisotopic (exact) mass is 453 g/mol. The van der Waals surface area contributed by atoms with E-state index in [-0.39, 0.29) is 35.3 Å². The number of sulfonamides is 1. The fraction of sp³-hybridized carbons (Fsp3) is 0.136. The minimum Gasteiger partial charge on any atom is -0.467 e. The maximum Gasteiger partial charge on any atom is 0.273 e. The zero-order valence-electron chi connectivity index (χ0n) is 17.0. The molecule has 10 heteroatoms. The number of benzene rings is 2. The van der Waals surface area contributed by atoms with Crippen LogP contribution in [0, 0.1) is 29.4 Å². The fourth-order valence-electron chi connectivity index (χ4n) is 2.93. The van der Waals surface area contributed by atoms with E-state index in [1.54, 1.807) is 12.1 Å². The van der Waals surface area contributed by atoms with E-state index in [0.29, 0.717) is 16.9 Å². The number of anilines is 1. The number of amides is 1. The average Bonchev–Trinajstić information content (AvgIpc) is 3.26. The van der Waals surface area contributed by atoms with Crippen LogP contribution >= 0.6 is 0 Å². The van der Waals surface area contributed by atoms with Crippen LogP contribution < -0.4 is 4.72 Å². The number of carbonyl (C=O) groups is 1. The van der Waals surface area contributed by atoms with E-state index >= 15 is 0 Å². The molecule has 0 spiro atoms. The van der Waals surface area contributed by atoms with Crippen molar-refractivity contribution in [2.75, 3.05) is 11.3 Å². The van der Waals surface area contributed by atoms with Gasteiger partial charge in [0.1, 0.15) is 5.76 Å². The molecule has 0 saturated heterocycles. The molecule has 0 aliphatic rings. The molecule has 3 aromatic rings. The number of carbonyl (C=O) groups excluding carboxylic acids is 1. The maximum atomic E-state index is 12.8. The van der Waals surface area contributed by atoms with Crippen LogP contribution in [0.25, 0.3) is 0 Å². The van der Waals surface area contributed by atoms with Gasteiger partial charge in [0.25, 0.3) is 21.6 Å². The summed E-state index contributed by atoms with van der Waals surface area (Å²) in [7, 11) is -4.07. The van der Waals surface area contributed by atoms with Gasteiger partial charge in [-0.3, -0.25) is 19.6 Å². The van der Waals surface area contributed by atoms with Gasteiger partial charge in [-0.2, -0.15) is 0 Å². The van der Waals surface area contributed by atoms with E-state index in [2.05, 4.69) is 10.6 Å². The van der Waals surface area contributed by atoms with Gasteiger partial charge in [-0.15, -0.1) is 6.42 Å². The molecule has 1 heterocycles. The molecule has 0 unspecified atom stereocenters. The topological polar surface area (TPSA) is 123 Å². The molecular weight excluding hydrogens is 434 g/mol. The highest BCUT2D eigenvalue weighted by Crippen LogP contribution is 2.24. The Kier molecular flexibility index (Phi) is 6.61. The first-order valence-electron chi connectivity index (χ1n) is 9.34. The second kappa shape index (κ2) is 9.36. The molecule has 9 nitrogen and oxygen atoms in total. The van der Waals surface area contributed by atoms with Gasteiger partial charge < -0.3 is 9.32 Å². The van der Waals surface area contributed by atoms with Gasteiger partial charge in [0.15, 0.2) is 0 Å². The normalized spacial score (nSPS) is 10.9. The van der Waals surface area contributed by atoms with Gasteiger partial charge in [-0.25, -0.2) is 8.42 Å². The predicted octanol–water partition coefficient (Wildman–Crippen LogP) is 3.57. The average molecular weight is 453 g/mol. The van der Waals surface area contributed by atoms with Gasteiger partial charge in [0.2, 0.25) is 0 Å². The number of terminal acetylenes is 1. The lowest BCUT2D eigenvalue weighted by Gasteiger charge is -2.19. The molecule has 32 heavy (non-hydrogen) atoms. The third-order valence-electron chi connectivity index (χ3n) is 4.57. The molecule has 3 rings (SSSR count). The number of furan rings is 1. The van der Waals surface area contributed by atoms with Crippen LogP contribution in [0.3, 0.4) is 0 Å². The van der Waals surface area contributed by atoms with Crippen molar-refractivity contribution in [3.63, 3.8) is 0 Å². The van der Waals surface area contributed by atoms with Crippen molar-refractivity contribution >= 4 is 27.3 Å². The zero-order valence-corrected chi connectivity index (χ0v) is 17.8. The molecule has 0 aliphatic carbocycles. The van der Waals surface area contributed by atoms with Crippen LogP contribution in [-0.4, -0.2) is 30.7 Å². The molecule has 1 amide bonds. The van der Waals surface area contributed by atoms with Crippen LogP contribution in [0.2, 0.25) is 0 Å². The molecule has 0 aliphatic heterocycles. The van der Waals surface area contributed by atoms with E-state index in [1.165, 1.54) is 54.5 Å². The Morgan fingerprint density at radius 1 is 1.22 bits per heavy atom. The lowest BCUT2D eigenvalue weighted by molar-refractivity contribution is -0.385. The predicted molar refractivity (Wildman–Crippen MR) is 117 cm³/mol. The summed E-state index contributed by atoms with van der Waals surface area (Å²) >= 11 is 0. The molecule has 1 N–H and O–H groups in total. The van der Waals surface area contributed by atoms with Crippen molar-refractivity contribution in [1.29, 1.82) is 0 Å². The molecule has 0 fully saturated rings. The Labute approximate surface area is 184 Å². The van der Waals surface area contributed by atoms with E-state index in [0.717, 1.165) is 6.07 Å². The van der Waals surface area contributed by atoms with Crippen LogP contribution in [0.1, 0.15) is 21.7 Å². The minimum absolute atomic E-state index is 0.0696. The smallest absolute Gasteiger partial charge is 0.273 e. The second-order valence-corrected chi connectivity index (χ2v) is 8.52. The minimum atomic E-state index is -4.07. The Morgan fingerprint density at radius 3 is 2.53 bits per heavy atom. The van der Waals surface area contributed by atoms with Gasteiger partial charge in [0.05, 0.1) is 29.2 Å². The van der Waals surface area contributed by atoms with E-state index in [4.69, 9.17) is 10.8 Å². The van der Waals surface area contributed by atoms with Gasteiger partial charge in [-0.1, -0.05) is 12.0 Å². The number of nitrogens with one attached hydrogen (secondary N) is 1. The summed E-state index contributed by atoms with van der Waals surface area (Å²) in [4.78, 5) is 24.4. The number of nitrogens with zero attached hydrogens (tertiary/aromatic N) is 2. The van der Waals surface area contributed by atoms with E-state index in [1.807, 2.05) is 0 Å². The summed E-state index contributed by atoms with van der Waals surface area (Å²) in [5, 5.41) is 11.1. The number of rotatable bonds is 8. The molecule has 0 bridgehead atoms. The Morgan fingerprint density at radius 2 is 1.94 bits per heavy atom. The lowest BCUT2D eigenvalue weighted by atomic mass is 10.2. The fourth-order valence-corrected chi connectivity index (χ4v) is 4.01. The summed E-state index contributed by atoms with van der Waals surface area (Å²) in [5.74, 6) is 2.66. The largest absolute Gasteiger partial charge is 0.467 e. The quantitative estimate of drug-likeness (QED) is 0.316. The number of nitro benzene ring substituents is 1. The Balaban J connectivity index is 1.77. The van der Waals surface area contributed by atoms with Crippen LogP contribution in [-0.2, 0) is 16.6 Å². The van der Waals surface area contributed by atoms with Crippen molar-refractivity contribution in [1.82, 2.24) is 4.90 Å². The summed E-state index contributed by atoms with van der Waals surface area (Å²) in [5.41, 5.74) is 0.557. The highest BCUT2D eigenvalue weighted by molar-refractivity contribution is 7.92. The number of hydrogen-bond donors (Lipinski definition) is 1. The highest BCUT2D eigenvalue weighted by atomic mass is 32.2. The first-order valence-corrected chi connectivity index (χ1v) is 10.8. The molecular formula is C22H19N3O6S. The first kappa shape index (κ1) is 22.6. The zero-order chi connectivity index (χ0) is 23.3. The lowest BCUT2D eigenvalue weighted by Crippen LogP contribution is -2.30. The van der Waals surface area contributed by atoms with Crippen molar-refractivity contribution < 1.29 is 22.6 Å². The molecule has 1 aromatic heterocycles. The number of nitro groups is 1. The van der Waals surface area contributed by atoms with Gasteiger partial charge in [-0.05, 0) is 49.4 Å². The summed E-state index contributed by atoms with van der Waals surface area (Å²) in [6.07, 6.45) is 6.87. The molecule has 0 radical (unpaired) electrons. The third-order valence-corrected chi connectivity index (χ3v) is 5.95. The van der Waals surface area contributed by atoms with Crippen LogP contribution in [0.15, 0.2) is 70.2 Å². The third kappa shape index (κ3) is 5.14. The van der Waals surface area contributed by atoms with E-state index < -0.39 is 14.9 Å². The Bertz CT molecular complexity index is 1280. The second-order valence-electron chi connectivity index (χ2n) is 6.83. The molecule has 0 atom stereocenters. The Hall–Kier alpha value is -4.10. The summed E-state index contributed by atoms with van der Waals surface area (Å²) < 4.78 is 32.9. The summed E-state index contributed by atoms with van der Waals surface area (Å²) in [6.45, 7) is 1.78. The van der Waals surface area contributed by atoms with Crippen molar-refractivity contribution in [2.24, 2.45) is 0 Å². The van der Waals surface area contributed by atoms with Gasteiger partial charge in [0, 0.05) is 22.9 Å². The summed E-state index contributed by atoms with van der Waals surface area (Å²) in [6, 6.07) is 12.9. The van der Waals surface area contributed by atoms with Crippen molar-refractivity contribution in [3.05, 3.63) is 87.9 Å². The highest BCUT2D eigenvalue weighted by Gasteiger charge is 2.21. The van der Waals surface area contributed by atoms with Crippen LogP contribution in [0.4, 0.5) is 11.4 Å².